The summed E-state index contributed by atoms with van der Waals surface area (Å²) in [6, 6.07) is 14.1. The Kier molecular flexibility index (Phi) is 15.3. The van der Waals surface area contributed by atoms with Crippen LogP contribution < -0.4 is 16.4 Å². The summed E-state index contributed by atoms with van der Waals surface area (Å²) in [5.74, 6) is -1.29. The van der Waals surface area contributed by atoms with Crippen LogP contribution in [0.1, 0.15) is 54.4 Å². The number of rotatable bonds is 19. The number of benzene rings is 2. The summed E-state index contributed by atoms with van der Waals surface area (Å²) in [4.78, 5) is 37.5. The molecule has 5 N–H and O–H groups in total. The lowest BCUT2D eigenvalue weighted by atomic mass is 9.81. The van der Waals surface area contributed by atoms with E-state index < -0.39 is 12.3 Å². The second kappa shape index (κ2) is 19.4. The Balaban J connectivity index is 1.63. The molecule has 0 fully saturated rings. The molecule has 0 radical (unpaired) electrons. The predicted octanol–water partition coefficient (Wildman–Crippen LogP) is 3.37. The third kappa shape index (κ3) is 11.5. The van der Waals surface area contributed by atoms with Crippen LogP contribution in [0.15, 0.2) is 60.4 Å². The number of aliphatic hydroxyl groups is 1. The van der Waals surface area contributed by atoms with Gasteiger partial charge in [0, 0.05) is 38.0 Å². The maximum atomic E-state index is 13.2. The molecule has 2 aromatic carbocycles. The molecule has 2 aromatic rings. The largest absolute Gasteiger partial charge is 0.465 e. The van der Waals surface area contributed by atoms with E-state index in [0.29, 0.717) is 69.2 Å². The molecular formula is C33H45N3O9. The molecule has 1 aliphatic rings. The van der Waals surface area contributed by atoms with Gasteiger partial charge in [-0.25, -0.2) is 4.79 Å². The fourth-order valence-corrected chi connectivity index (χ4v) is 4.91. The van der Waals surface area contributed by atoms with Crippen molar-refractivity contribution in [1.82, 2.24) is 5.32 Å². The molecule has 246 valence electrons. The first-order valence-electron chi connectivity index (χ1n) is 15.2. The highest BCUT2D eigenvalue weighted by Crippen LogP contribution is 2.39. The van der Waals surface area contributed by atoms with Crippen molar-refractivity contribution in [2.45, 2.75) is 44.8 Å². The zero-order chi connectivity index (χ0) is 32.4. The van der Waals surface area contributed by atoms with E-state index in [-0.39, 0.29) is 49.0 Å². The van der Waals surface area contributed by atoms with E-state index in [9.17, 15) is 14.4 Å². The molecule has 2 amide bonds. The summed E-state index contributed by atoms with van der Waals surface area (Å²) in [6.45, 7) is 3.93. The highest BCUT2D eigenvalue weighted by molar-refractivity contribution is 5.94. The molecule has 0 aliphatic carbocycles. The number of amides is 2. The third-order valence-electron chi connectivity index (χ3n) is 7.21. The number of carbonyl (C=O) groups excluding carboxylic acids is 3. The SMILES string of the molecule is CCO[C@@H]1OC(C(=O)NCCCCC(=O)Nc2ccccc2N)=C[C@H](c2ccc(C(=O)OC)cc2)[C@H]1CCOCCOCCO. The van der Waals surface area contributed by atoms with E-state index in [1.54, 1.807) is 42.5 Å². The van der Waals surface area contributed by atoms with Crippen molar-refractivity contribution in [2.24, 2.45) is 5.92 Å². The number of hydrogen-bond acceptors (Lipinski definition) is 10. The van der Waals surface area contributed by atoms with Crippen LogP contribution >= 0.6 is 0 Å². The van der Waals surface area contributed by atoms with Crippen LogP contribution in [0, 0.1) is 5.92 Å². The van der Waals surface area contributed by atoms with Gasteiger partial charge in [-0.2, -0.15) is 0 Å². The van der Waals surface area contributed by atoms with Crippen molar-refractivity contribution in [3.63, 3.8) is 0 Å². The normalized spacial score (nSPS) is 17.6. The standard InChI is InChI=1S/C33H45N3O9/c1-3-44-33-25(15-18-42-20-21-43-19-17-37)26(23-11-13-24(14-12-23)32(40)41-2)22-29(45-33)31(39)35-16-7-6-10-30(38)36-28-9-5-4-8-27(28)34/h4-5,8-9,11-14,22,25-26,33,37H,3,6-7,10,15-21,34H2,1-2H3,(H,35,39)(H,36,38)/t25-,26-,33-/m1/s1. The van der Waals surface area contributed by atoms with E-state index >= 15 is 0 Å². The second-order valence-electron chi connectivity index (χ2n) is 10.4. The van der Waals surface area contributed by atoms with E-state index in [1.807, 2.05) is 19.1 Å². The Morgan fingerprint density at radius 1 is 0.978 bits per heavy atom. The topological polar surface area (TPSA) is 168 Å². The van der Waals surface area contributed by atoms with Crippen molar-refractivity contribution in [3.05, 3.63) is 71.5 Å². The number of nitrogens with two attached hydrogens (primary N) is 1. The molecule has 0 bridgehead atoms. The molecule has 12 heteroatoms. The van der Waals surface area contributed by atoms with E-state index in [1.165, 1.54) is 7.11 Å². The number of methoxy groups -OCH3 is 1. The zero-order valence-corrected chi connectivity index (χ0v) is 26.0. The maximum absolute atomic E-state index is 13.2. The second-order valence-corrected chi connectivity index (χ2v) is 10.4. The Hall–Kier alpha value is -3.97. The van der Waals surface area contributed by atoms with Gasteiger partial charge < -0.3 is 45.2 Å². The van der Waals surface area contributed by atoms with Crippen molar-refractivity contribution < 1.29 is 43.2 Å². The first-order chi connectivity index (χ1) is 21.9. The quantitative estimate of drug-likeness (QED) is 0.103. The number of para-hydroxylation sites is 2. The summed E-state index contributed by atoms with van der Waals surface area (Å²) in [6.07, 6.45) is 3.08. The number of hydrogen-bond donors (Lipinski definition) is 4. The molecule has 3 atom stereocenters. The minimum atomic E-state index is -0.714. The number of anilines is 2. The molecule has 1 aliphatic heterocycles. The third-order valence-corrected chi connectivity index (χ3v) is 7.21. The zero-order valence-electron chi connectivity index (χ0n) is 26.0. The van der Waals surface area contributed by atoms with Crippen molar-refractivity contribution in [2.75, 3.05) is 64.3 Å². The lowest BCUT2D eigenvalue weighted by Crippen LogP contribution is -2.39. The summed E-state index contributed by atoms with van der Waals surface area (Å²) in [5, 5.41) is 14.5. The van der Waals surface area contributed by atoms with E-state index in [2.05, 4.69) is 10.6 Å². The Labute approximate surface area is 264 Å². The van der Waals surface area contributed by atoms with E-state index in [0.717, 1.165) is 5.56 Å². The Bertz CT molecular complexity index is 1250. The first kappa shape index (κ1) is 35.5. The predicted molar refractivity (Wildman–Crippen MR) is 168 cm³/mol. The molecule has 0 aromatic heterocycles. The molecule has 0 saturated heterocycles. The van der Waals surface area contributed by atoms with Gasteiger partial charge in [-0.1, -0.05) is 24.3 Å². The lowest BCUT2D eigenvalue weighted by molar-refractivity contribution is -0.168. The van der Waals surface area contributed by atoms with Gasteiger partial charge in [-0.15, -0.1) is 0 Å². The molecule has 3 rings (SSSR count). The monoisotopic (exact) mass is 627 g/mol. The number of allylic oxidation sites excluding steroid dienone is 1. The number of esters is 1. The number of carbonyl (C=O) groups is 3. The summed E-state index contributed by atoms with van der Waals surface area (Å²) in [7, 11) is 1.33. The number of aliphatic hydroxyl groups excluding tert-OH is 1. The Morgan fingerprint density at radius 3 is 2.40 bits per heavy atom. The summed E-state index contributed by atoms with van der Waals surface area (Å²) < 4.78 is 27.9. The minimum Gasteiger partial charge on any atom is -0.465 e. The summed E-state index contributed by atoms with van der Waals surface area (Å²) >= 11 is 0. The average molecular weight is 628 g/mol. The van der Waals surface area contributed by atoms with Crippen molar-refractivity contribution >= 4 is 29.2 Å². The van der Waals surface area contributed by atoms with Crippen LogP contribution in [0.25, 0.3) is 0 Å². The van der Waals surface area contributed by atoms with Crippen molar-refractivity contribution in [3.8, 4) is 0 Å². The lowest BCUT2D eigenvalue weighted by Gasteiger charge is -2.37. The highest BCUT2D eigenvalue weighted by atomic mass is 16.7. The van der Waals surface area contributed by atoms with Crippen LogP contribution in [0.4, 0.5) is 11.4 Å². The average Bonchev–Trinajstić information content (AvgIpc) is 3.05. The summed E-state index contributed by atoms with van der Waals surface area (Å²) in [5.41, 5.74) is 8.25. The maximum Gasteiger partial charge on any atom is 0.337 e. The first-order valence-corrected chi connectivity index (χ1v) is 15.2. The smallest absolute Gasteiger partial charge is 0.337 e. The number of nitrogens with one attached hydrogen (secondary N) is 2. The number of ether oxygens (including phenoxy) is 5. The van der Waals surface area contributed by atoms with Crippen LogP contribution in [-0.2, 0) is 33.3 Å². The van der Waals surface area contributed by atoms with Crippen LogP contribution in [0.2, 0.25) is 0 Å². The highest BCUT2D eigenvalue weighted by Gasteiger charge is 2.38. The van der Waals surface area contributed by atoms with E-state index in [4.69, 9.17) is 34.5 Å². The molecule has 1 heterocycles. The Morgan fingerprint density at radius 2 is 1.71 bits per heavy atom. The van der Waals surface area contributed by atoms with Crippen molar-refractivity contribution in [1.29, 1.82) is 0 Å². The molecule has 45 heavy (non-hydrogen) atoms. The van der Waals surface area contributed by atoms with Crippen LogP contribution in [0.5, 0.6) is 0 Å². The van der Waals surface area contributed by atoms with Gasteiger partial charge >= 0.3 is 5.97 Å². The van der Waals surface area contributed by atoms with Crippen LogP contribution in [0.3, 0.4) is 0 Å². The number of nitrogen functional groups attached to an aromatic ring is 1. The fourth-order valence-electron chi connectivity index (χ4n) is 4.91. The van der Waals surface area contributed by atoms with Gasteiger partial charge in [0.05, 0.1) is 50.5 Å². The van der Waals surface area contributed by atoms with Crippen LogP contribution in [-0.4, -0.2) is 82.5 Å². The van der Waals surface area contributed by atoms with Gasteiger partial charge in [-0.05, 0) is 62.1 Å². The molecule has 0 unspecified atom stereocenters. The molecule has 0 spiro atoms. The van der Waals surface area contributed by atoms with Gasteiger partial charge in [0.1, 0.15) is 0 Å². The van der Waals surface area contributed by atoms with Gasteiger partial charge in [0.25, 0.3) is 5.91 Å². The molecule has 0 saturated carbocycles. The molecular weight excluding hydrogens is 582 g/mol. The fraction of sp³-hybridized carbons (Fsp3) is 0.485. The minimum absolute atomic E-state index is 0.0457. The number of unbranched alkanes of at least 4 members (excludes halogenated alkanes) is 1. The van der Waals surface area contributed by atoms with Gasteiger partial charge in [0.2, 0.25) is 12.2 Å². The van der Waals surface area contributed by atoms with Gasteiger partial charge in [0.15, 0.2) is 5.76 Å². The van der Waals surface area contributed by atoms with Gasteiger partial charge in [-0.3, -0.25) is 9.59 Å². The molecule has 12 nitrogen and oxygen atoms in total.